The van der Waals surface area contributed by atoms with E-state index in [0.717, 1.165) is 25.8 Å². The fraction of sp³-hybridized carbons (Fsp3) is 0.824. The average molecular weight is 281 g/mol. The maximum atomic E-state index is 12.1. The molecule has 0 aromatic carbocycles. The molecular weight excluding hydrogens is 250 g/mol. The molecule has 1 amide bonds. The Morgan fingerprint density at radius 3 is 2.70 bits per heavy atom. The van der Waals surface area contributed by atoms with Crippen LogP contribution in [0.2, 0.25) is 0 Å². The van der Waals surface area contributed by atoms with Gasteiger partial charge in [0, 0.05) is 6.54 Å². The highest BCUT2D eigenvalue weighted by Gasteiger charge is 2.30. The monoisotopic (exact) mass is 281 g/mol. The molecule has 3 heteroatoms. The van der Waals surface area contributed by atoms with Crippen LogP contribution in [0, 0.1) is 0 Å². The van der Waals surface area contributed by atoms with Crippen molar-refractivity contribution >= 4 is 6.09 Å². The van der Waals surface area contributed by atoms with Crippen LogP contribution < -0.4 is 0 Å². The second kappa shape index (κ2) is 8.33. The molecule has 1 heterocycles. The van der Waals surface area contributed by atoms with E-state index in [1.54, 1.807) is 0 Å². The SMILES string of the molecule is CCCCCC/C=C/C1CCCN1C(=O)OC(C)(C)C. The maximum Gasteiger partial charge on any atom is 0.410 e. The molecule has 1 aliphatic heterocycles. The number of carbonyl (C=O) groups is 1. The van der Waals surface area contributed by atoms with Gasteiger partial charge in [-0.15, -0.1) is 0 Å². The highest BCUT2D eigenvalue weighted by Crippen LogP contribution is 2.22. The van der Waals surface area contributed by atoms with Crippen LogP contribution in [0.1, 0.15) is 72.6 Å². The molecule has 0 aromatic rings. The molecule has 0 spiro atoms. The molecule has 0 radical (unpaired) electrons. The largest absolute Gasteiger partial charge is 0.444 e. The molecule has 3 nitrogen and oxygen atoms in total. The summed E-state index contributed by atoms with van der Waals surface area (Å²) >= 11 is 0. The van der Waals surface area contributed by atoms with Gasteiger partial charge in [-0.05, 0) is 46.5 Å². The zero-order valence-electron chi connectivity index (χ0n) is 13.7. The molecule has 0 aliphatic carbocycles. The van der Waals surface area contributed by atoms with E-state index in [9.17, 15) is 4.79 Å². The minimum Gasteiger partial charge on any atom is -0.444 e. The fourth-order valence-corrected chi connectivity index (χ4v) is 2.48. The van der Waals surface area contributed by atoms with Crippen molar-refractivity contribution in [1.29, 1.82) is 0 Å². The number of carbonyl (C=O) groups excluding carboxylic acids is 1. The molecule has 1 fully saturated rings. The molecule has 1 unspecified atom stereocenters. The van der Waals surface area contributed by atoms with Crippen LogP contribution in [0.4, 0.5) is 4.79 Å². The minimum absolute atomic E-state index is 0.171. The second-order valence-electron chi connectivity index (χ2n) is 6.66. The lowest BCUT2D eigenvalue weighted by Gasteiger charge is -2.27. The molecule has 20 heavy (non-hydrogen) atoms. The first-order chi connectivity index (χ1) is 9.44. The van der Waals surface area contributed by atoms with E-state index in [1.807, 2.05) is 25.7 Å². The van der Waals surface area contributed by atoms with Crippen molar-refractivity contribution in [2.24, 2.45) is 0 Å². The van der Waals surface area contributed by atoms with E-state index in [1.165, 1.54) is 25.7 Å². The van der Waals surface area contributed by atoms with Gasteiger partial charge < -0.3 is 9.64 Å². The van der Waals surface area contributed by atoms with Crippen molar-refractivity contribution in [2.75, 3.05) is 6.54 Å². The minimum atomic E-state index is -0.409. The number of unbranched alkanes of at least 4 members (excludes halogenated alkanes) is 4. The highest BCUT2D eigenvalue weighted by atomic mass is 16.6. The fourth-order valence-electron chi connectivity index (χ4n) is 2.48. The van der Waals surface area contributed by atoms with E-state index in [-0.39, 0.29) is 12.1 Å². The third-order valence-electron chi connectivity index (χ3n) is 3.51. The van der Waals surface area contributed by atoms with E-state index < -0.39 is 5.60 Å². The van der Waals surface area contributed by atoms with Gasteiger partial charge in [-0.2, -0.15) is 0 Å². The number of hydrogen-bond acceptors (Lipinski definition) is 2. The number of amides is 1. The Morgan fingerprint density at radius 2 is 2.05 bits per heavy atom. The lowest BCUT2D eigenvalue weighted by Crippen LogP contribution is -2.39. The molecule has 0 N–H and O–H groups in total. The van der Waals surface area contributed by atoms with Crippen molar-refractivity contribution in [3.8, 4) is 0 Å². The zero-order chi connectivity index (χ0) is 15.0. The summed E-state index contributed by atoms with van der Waals surface area (Å²) in [5, 5.41) is 0. The van der Waals surface area contributed by atoms with Gasteiger partial charge in [-0.1, -0.05) is 38.3 Å². The first-order valence-corrected chi connectivity index (χ1v) is 8.10. The standard InChI is InChI=1S/C17H31NO2/c1-5-6-7-8-9-10-12-15-13-11-14-18(15)16(19)20-17(2,3)4/h10,12,15H,5-9,11,13-14H2,1-4H3/b12-10+. The van der Waals surface area contributed by atoms with Gasteiger partial charge in [-0.3, -0.25) is 0 Å². The third-order valence-corrected chi connectivity index (χ3v) is 3.51. The molecule has 0 saturated carbocycles. The summed E-state index contributed by atoms with van der Waals surface area (Å²) in [6.45, 7) is 8.80. The summed E-state index contributed by atoms with van der Waals surface area (Å²) in [6.07, 6.45) is 12.7. The smallest absolute Gasteiger partial charge is 0.410 e. The Hall–Kier alpha value is -0.990. The molecule has 1 aliphatic rings. The van der Waals surface area contributed by atoms with E-state index >= 15 is 0 Å². The number of likely N-dealkylation sites (tertiary alicyclic amines) is 1. The normalized spacial score (nSPS) is 19.8. The number of ether oxygens (including phenoxy) is 1. The Bertz CT molecular complexity index is 317. The van der Waals surface area contributed by atoms with Crippen molar-refractivity contribution in [3.05, 3.63) is 12.2 Å². The van der Waals surface area contributed by atoms with Gasteiger partial charge in [-0.25, -0.2) is 4.79 Å². The van der Waals surface area contributed by atoms with Gasteiger partial charge in [0.2, 0.25) is 0 Å². The number of rotatable bonds is 6. The molecule has 0 aromatic heterocycles. The summed E-state index contributed by atoms with van der Waals surface area (Å²) in [4.78, 5) is 14.0. The van der Waals surface area contributed by atoms with Crippen LogP contribution in [0.3, 0.4) is 0 Å². The van der Waals surface area contributed by atoms with Crippen LogP contribution in [0.5, 0.6) is 0 Å². The van der Waals surface area contributed by atoms with E-state index in [2.05, 4.69) is 19.1 Å². The van der Waals surface area contributed by atoms with Crippen LogP contribution in [-0.2, 0) is 4.74 Å². The molecule has 116 valence electrons. The van der Waals surface area contributed by atoms with Gasteiger partial charge in [0.25, 0.3) is 0 Å². The molecule has 1 atom stereocenters. The van der Waals surface area contributed by atoms with Gasteiger partial charge >= 0.3 is 6.09 Å². The lowest BCUT2D eigenvalue weighted by atomic mass is 10.1. The summed E-state index contributed by atoms with van der Waals surface area (Å²) in [6, 6.07) is 0.232. The van der Waals surface area contributed by atoms with Crippen molar-refractivity contribution in [2.45, 2.75) is 84.3 Å². The summed E-state index contributed by atoms with van der Waals surface area (Å²) < 4.78 is 5.46. The average Bonchev–Trinajstić information content (AvgIpc) is 2.80. The molecule has 0 bridgehead atoms. The first-order valence-electron chi connectivity index (χ1n) is 8.10. The number of nitrogens with zero attached hydrogens (tertiary/aromatic N) is 1. The van der Waals surface area contributed by atoms with Crippen LogP contribution in [-0.4, -0.2) is 29.2 Å². The molecular formula is C17H31NO2. The van der Waals surface area contributed by atoms with Gasteiger partial charge in [0.1, 0.15) is 5.60 Å². The van der Waals surface area contributed by atoms with Crippen LogP contribution >= 0.6 is 0 Å². The number of allylic oxidation sites excluding steroid dienone is 1. The summed E-state index contributed by atoms with van der Waals surface area (Å²) in [5.41, 5.74) is -0.409. The van der Waals surface area contributed by atoms with E-state index in [0.29, 0.717) is 0 Å². The van der Waals surface area contributed by atoms with Crippen LogP contribution in [0.25, 0.3) is 0 Å². The first kappa shape index (κ1) is 17.1. The Morgan fingerprint density at radius 1 is 1.30 bits per heavy atom. The summed E-state index contributed by atoms with van der Waals surface area (Å²) in [5.74, 6) is 0. The second-order valence-corrected chi connectivity index (χ2v) is 6.66. The lowest BCUT2D eigenvalue weighted by molar-refractivity contribution is 0.0256. The molecule has 1 rings (SSSR count). The molecule has 1 saturated heterocycles. The zero-order valence-corrected chi connectivity index (χ0v) is 13.7. The van der Waals surface area contributed by atoms with Gasteiger partial charge in [0.15, 0.2) is 0 Å². The summed E-state index contributed by atoms with van der Waals surface area (Å²) in [7, 11) is 0. The van der Waals surface area contributed by atoms with E-state index in [4.69, 9.17) is 4.74 Å². The highest BCUT2D eigenvalue weighted by molar-refractivity contribution is 5.69. The van der Waals surface area contributed by atoms with Crippen molar-refractivity contribution < 1.29 is 9.53 Å². The predicted molar refractivity (Wildman–Crippen MR) is 83.9 cm³/mol. The predicted octanol–water partition coefficient (Wildman–Crippen LogP) is 4.91. The van der Waals surface area contributed by atoms with Crippen LogP contribution in [0.15, 0.2) is 12.2 Å². The van der Waals surface area contributed by atoms with Crippen molar-refractivity contribution in [3.63, 3.8) is 0 Å². The Labute approximate surface area is 124 Å². The van der Waals surface area contributed by atoms with Crippen molar-refractivity contribution in [1.82, 2.24) is 4.90 Å². The Balaban J connectivity index is 2.37. The quantitative estimate of drug-likeness (QED) is 0.511. The Kier molecular flexibility index (Phi) is 7.11. The number of hydrogen-bond donors (Lipinski definition) is 0. The topological polar surface area (TPSA) is 29.5 Å². The maximum absolute atomic E-state index is 12.1. The third kappa shape index (κ3) is 6.44. The van der Waals surface area contributed by atoms with Gasteiger partial charge in [0.05, 0.1) is 6.04 Å².